The number of unbranched alkanes of at least 4 members (excludes halogenated alkanes) is 1. The molecule has 1 aliphatic rings. The molecular weight excluding hydrogens is 266 g/mol. The number of allylic oxidation sites excluding steroid dienone is 2. The highest BCUT2D eigenvalue weighted by atomic mass is 35.5. The molecule has 0 N–H and O–H groups in total. The largest absolute Gasteiger partial charge is 0.473 e. The van der Waals surface area contributed by atoms with E-state index < -0.39 is 0 Å². The molecule has 0 fully saturated rings. The number of ether oxygens (including phenoxy) is 1. The molecule has 0 saturated heterocycles. The zero-order valence-corrected chi connectivity index (χ0v) is 10.6. The van der Waals surface area contributed by atoms with Gasteiger partial charge in [0.25, 0.3) is 0 Å². The molecule has 0 amide bonds. The summed E-state index contributed by atoms with van der Waals surface area (Å²) in [6, 6.07) is 0. The van der Waals surface area contributed by atoms with Gasteiger partial charge in [-0.1, -0.05) is 48.1 Å². The molecule has 1 rings (SSSR count). The van der Waals surface area contributed by atoms with E-state index >= 15 is 0 Å². The molecular formula is C9H10Cl4O. The monoisotopic (exact) mass is 274 g/mol. The van der Waals surface area contributed by atoms with Crippen LogP contribution in [0, 0.1) is 0 Å². The molecule has 0 radical (unpaired) electrons. The average Bonchev–Trinajstić information content (AvgIpc) is 2.18. The Morgan fingerprint density at radius 3 is 2.36 bits per heavy atom. The third-order valence-corrected chi connectivity index (χ3v) is 3.68. The predicted molar refractivity (Wildman–Crippen MR) is 61.9 cm³/mol. The Hall–Kier alpha value is 0.440. The summed E-state index contributed by atoms with van der Waals surface area (Å²) in [5.74, 6) is 0. The topological polar surface area (TPSA) is 9.23 Å². The number of hydrogen-bond acceptors (Lipinski definition) is 1. The third-order valence-electron chi connectivity index (χ3n) is 1.92. The molecule has 0 aliphatic carbocycles. The van der Waals surface area contributed by atoms with Crippen molar-refractivity contribution < 1.29 is 4.74 Å². The lowest BCUT2D eigenvalue weighted by Crippen LogP contribution is -2.17. The molecule has 0 saturated carbocycles. The van der Waals surface area contributed by atoms with Crippen LogP contribution < -0.4 is 0 Å². The van der Waals surface area contributed by atoms with Gasteiger partial charge in [0.2, 0.25) is 5.22 Å². The van der Waals surface area contributed by atoms with E-state index in [1.165, 1.54) is 0 Å². The van der Waals surface area contributed by atoms with Crippen molar-refractivity contribution in [3.63, 3.8) is 0 Å². The Kier molecular flexibility index (Phi) is 4.92. The Morgan fingerprint density at radius 2 is 1.79 bits per heavy atom. The molecule has 1 atom stereocenters. The van der Waals surface area contributed by atoms with Gasteiger partial charge in [-0.3, -0.25) is 0 Å². The summed E-state index contributed by atoms with van der Waals surface area (Å²) in [5, 5.41) is 1.05. The first-order chi connectivity index (χ1) is 6.57. The Morgan fingerprint density at radius 1 is 1.14 bits per heavy atom. The van der Waals surface area contributed by atoms with Crippen LogP contribution in [0.5, 0.6) is 0 Å². The van der Waals surface area contributed by atoms with E-state index in [9.17, 15) is 0 Å². The van der Waals surface area contributed by atoms with Gasteiger partial charge in [0.05, 0.1) is 10.1 Å². The predicted octanol–water partition coefficient (Wildman–Crippen LogP) is 4.91. The van der Waals surface area contributed by atoms with Crippen molar-refractivity contribution >= 4 is 46.4 Å². The maximum absolute atomic E-state index is 5.97. The van der Waals surface area contributed by atoms with Crippen molar-refractivity contribution in [1.29, 1.82) is 0 Å². The average molecular weight is 276 g/mol. The van der Waals surface area contributed by atoms with Gasteiger partial charge in [0, 0.05) is 0 Å². The molecule has 1 nitrogen and oxygen atoms in total. The Balaban J connectivity index is 2.77. The molecule has 0 spiro atoms. The van der Waals surface area contributed by atoms with Crippen molar-refractivity contribution in [2.24, 2.45) is 0 Å². The first-order valence-corrected chi connectivity index (χ1v) is 5.86. The smallest absolute Gasteiger partial charge is 0.208 e. The standard InChI is InChI=1S/C9H10Cl4O/c1-2-3-4-5-6(10)7(11)8(12)9(13)14-5/h5H,2-4H2,1H3. The van der Waals surface area contributed by atoms with Gasteiger partial charge in [-0.25, -0.2) is 0 Å². The second kappa shape index (κ2) is 5.50. The van der Waals surface area contributed by atoms with E-state index in [1.54, 1.807) is 0 Å². The van der Waals surface area contributed by atoms with Crippen LogP contribution in [0.3, 0.4) is 0 Å². The lowest BCUT2D eigenvalue weighted by atomic mass is 10.1. The summed E-state index contributed by atoms with van der Waals surface area (Å²) in [4.78, 5) is 0. The van der Waals surface area contributed by atoms with Gasteiger partial charge in [0.1, 0.15) is 11.1 Å². The molecule has 1 heterocycles. The van der Waals surface area contributed by atoms with E-state index in [4.69, 9.17) is 51.1 Å². The summed E-state index contributed by atoms with van der Waals surface area (Å²) in [5.41, 5.74) is 0. The summed E-state index contributed by atoms with van der Waals surface area (Å²) < 4.78 is 5.32. The molecule has 0 aromatic rings. The normalized spacial score (nSPS) is 22.8. The van der Waals surface area contributed by atoms with Gasteiger partial charge < -0.3 is 4.74 Å². The van der Waals surface area contributed by atoms with E-state index in [2.05, 4.69) is 6.92 Å². The quantitative estimate of drug-likeness (QED) is 0.711. The van der Waals surface area contributed by atoms with Crippen LogP contribution in [0.4, 0.5) is 0 Å². The van der Waals surface area contributed by atoms with Gasteiger partial charge >= 0.3 is 0 Å². The van der Waals surface area contributed by atoms with Crippen molar-refractivity contribution in [2.45, 2.75) is 32.3 Å². The summed E-state index contributed by atoms with van der Waals surface area (Å²) >= 11 is 23.4. The van der Waals surface area contributed by atoms with E-state index in [0.717, 1.165) is 19.3 Å². The van der Waals surface area contributed by atoms with Crippen LogP contribution >= 0.6 is 46.4 Å². The zero-order chi connectivity index (χ0) is 10.7. The van der Waals surface area contributed by atoms with Crippen LogP contribution in [-0.2, 0) is 4.74 Å². The minimum atomic E-state index is -0.251. The lowest BCUT2D eigenvalue weighted by Gasteiger charge is -2.23. The van der Waals surface area contributed by atoms with Crippen LogP contribution in [0.1, 0.15) is 26.2 Å². The molecule has 0 aromatic heterocycles. The third kappa shape index (κ3) is 2.73. The van der Waals surface area contributed by atoms with Crippen LogP contribution in [-0.4, -0.2) is 6.10 Å². The van der Waals surface area contributed by atoms with Gasteiger partial charge in [-0.2, -0.15) is 0 Å². The van der Waals surface area contributed by atoms with Crippen LogP contribution in [0.2, 0.25) is 0 Å². The van der Waals surface area contributed by atoms with Crippen molar-refractivity contribution in [3.8, 4) is 0 Å². The fourth-order valence-corrected chi connectivity index (χ4v) is 2.04. The molecule has 5 heteroatoms. The van der Waals surface area contributed by atoms with Crippen molar-refractivity contribution in [1.82, 2.24) is 0 Å². The van der Waals surface area contributed by atoms with E-state index in [-0.39, 0.29) is 16.4 Å². The summed E-state index contributed by atoms with van der Waals surface area (Å²) in [6.45, 7) is 2.09. The van der Waals surface area contributed by atoms with Crippen LogP contribution in [0.15, 0.2) is 20.3 Å². The highest BCUT2D eigenvalue weighted by Crippen LogP contribution is 2.39. The first-order valence-electron chi connectivity index (χ1n) is 4.35. The molecule has 1 aliphatic heterocycles. The first kappa shape index (κ1) is 12.5. The molecule has 1 unspecified atom stereocenters. The molecule has 14 heavy (non-hydrogen) atoms. The summed E-state index contributed by atoms with van der Waals surface area (Å²) in [6.07, 6.45) is 2.62. The lowest BCUT2D eigenvalue weighted by molar-refractivity contribution is 0.155. The minimum Gasteiger partial charge on any atom is -0.473 e. The molecule has 80 valence electrons. The fourth-order valence-electron chi connectivity index (χ4n) is 1.14. The highest BCUT2D eigenvalue weighted by molar-refractivity contribution is 6.51. The number of rotatable bonds is 3. The second-order valence-electron chi connectivity index (χ2n) is 3.00. The van der Waals surface area contributed by atoms with E-state index in [1.807, 2.05) is 0 Å². The van der Waals surface area contributed by atoms with Gasteiger partial charge in [0.15, 0.2) is 0 Å². The molecule has 0 aromatic carbocycles. The maximum atomic E-state index is 5.97. The number of halogens is 4. The SMILES string of the molecule is CCCCC1OC(Cl)=C(Cl)C(Cl)=C1Cl. The van der Waals surface area contributed by atoms with Crippen molar-refractivity contribution in [2.75, 3.05) is 0 Å². The Labute approximate surface area is 104 Å². The highest BCUT2D eigenvalue weighted by Gasteiger charge is 2.26. The maximum Gasteiger partial charge on any atom is 0.208 e. The van der Waals surface area contributed by atoms with Crippen molar-refractivity contribution in [3.05, 3.63) is 20.3 Å². The van der Waals surface area contributed by atoms with Gasteiger partial charge in [-0.05, 0) is 24.4 Å². The Bertz CT molecular complexity index is 283. The zero-order valence-electron chi connectivity index (χ0n) is 7.62. The molecule has 0 bridgehead atoms. The van der Waals surface area contributed by atoms with E-state index in [0.29, 0.717) is 10.1 Å². The number of hydrogen-bond donors (Lipinski definition) is 0. The summed E-state index contributed by atoms with van der Waals surface area (Å²) in [7, 11) is 0. The minimum absolute atomic E-state index is 0.127. The fraction of sp³-hybridized carbons (Fsp3) is 0.556. The second-order valence-corrected chi connectivity index (χ2v) is 4.50. The van der Waals surface area contributed by atoms with Crippen LogP contribution in [0.25, 0.3) is 0 Å². The van der Waals surface area contributed by atoms with Gasteiger partial charge in [-0.15, -0.1) is 0 Å².